The summed E-state index contributed by atoms with van der Waals surface area (Å²) < 4.78 is 1.81. The molecule has 0 unspecified atom stereocenters. The highest BCUT2D eigenvalue weighted by Gasteiger charge is 2.14. The lowest BCUT2D eigenvalue weighted by Gasteiger charge is -2.04. The van der Waals surface area contributed by atoms with Gasteiger partial charge in [0.05, 0.1) is 4.91 Å². The van der Waals surface area contributed by atoms with Gasteiger partial charge in [0.25, 0.3) is 0 Å². The first kappa shape index (κ1) is 17.2. The molecule has 0 fully saturated rings. The Kier molecular flexibility index (Phi) is 6.17. The average molecular weight is 440 g/mol. The Hall–Kier alpha value is -1.17. The number of Topliss-reactive ketones (excluding diaryl/α,β-unsaturated/α-hetero) is 1. The van der Waals surface area contributed by atoms with Crippen LogP contribution in [0.1, 0.15) is 20.7 Å². The first-order valence-corrected chi connectivity index (χ1v) is 9.18. The van der Waals surface area contributed by atoms with Crippen LogP contribution in [0.2, 0.25) is 0 Å². The zero-order chi connectivity index (χ0) is 16.1. The zero-order valence-corrected chi connectivity index (χ0v) is 15.7. The van der Waals surface area contributed by atoms with Crippen LogP contribution in [0.5, 0.6) is 0 Å². The van der Waals surface area contributed by atoms with Crippen LogP contribution in [0.4, 0.5) is 0 Å². The van der Waals surface area contributed by atoms with E-state index >= 15 is 0 Å². The van der Waals surface area contributed by atoms with Gasteiger partial charge in [0.15, 0.2) is 11.6 Å². The fraction of sp³-hybridized carbons (Fsp3) is 0.0588. The summed E-state index contributed by atoms with van der Waals surface area (Å²) >= 11 is 7.94. The topological polar surface area (TPSA) is 34.1 Å². The molecule has 22 heavy (non-hydrogen) atoms. The number of carbonyl (C=O) groups is 2. The largest absolute Gasteiger partial charge is 0.289 e. The van der Waals surface area contributed by atoms with Crippen molar-refractivity contribution in [1.29, 1.82) is 0 Å². The second-order valence-electron chi connectivity index (χ2n) is 4.42. The van der Waals surface area contributed by atoms with Crippen LogP contribution >= 0.6 is 43.6 Å². The third kappa shape index (κ3) is 4.41. The molecule has 2 aromatic carbocycles. The fourth-order valence-corrected chi connectivity index (χ4v) is 2.83. The van der Waals surface area contributed by atoms with Crippen LogP contribution in [0.25, 0.3) is 0 Å². The van der Waals surface area contributed by atoms with Gasteiger partial charge in [-0.1, -0.05) is 31.9 Å². The van der Waals surface area contributed by atoms with Crippen molar-refractivity contribution >= 4 is 55.2 Å². The molecular formula is C17H12Br2O2S. The monoisotopic (exact) mass is 438 g/mol. The van der Waals surface area contributed by atoms with Gasteiger partial charge in [0, 0.05) is 26.1 Å². The molecule has 0 bridgehead atoms. The first-order chi connectivity index (χ1) is 10.5. The lowest BCUT2D eigenvalue weighted by Crippen LogP contribution is -2.04. The van der Waals surface area contributed by atoms with Crippen molar-refractivity contribution in [3.8, 4) is 0 Å². The molecule has 0 amide bonds. The summed E-state index contributed by atoms with van der Waals surface area (Å²) in [5, 5.41) is 0. The number of halogens is 2. The molecule has 0 aliphatic heterocycles. The Bertz CT molecular complexity index is 719. The summed E-state index contributed by atoms with van der Waals surface area (Å²) in [4.78, 5) is 25.1. The number of hydrogen-bond acceptors (Lipinski definition) is 3. The van der Waals surface area contributed by atoms with Crippen LogP contribution < -0.4 is 0 Å². The summed E-state index contributed by atoms with van der Waals surface area (Å²) in [5.41, 5.74) is 1.12. The standard InChI is InChI=1S/C17H12Br2O2S/c1-22-16(17(21)12-4-8-14(19)9-5-12)10-15(20)11-2-6-13(18)7-3-11/h2-10H,1H3/b16-10-. The Balaban J connectivity index is 2.26. The summed E-state index contributed by atoms with van der Waals surface area (Å²) in [6, 6.07) is 14.1. The first-order valence-electron chi connectivity index (χ1n) is 6.37. The third-order valence-electron chi connectivity index (χ3n) is 2.94. The van der Waals surface area contributed by atoms with Crippen molar-refractivity contribution in [2.75, 3.05) is 6.26 Å². The van der Waals surface area contributed by atoms with Gasteiger partial charge in [-0.25, -0.2) is 0 Å². The predicted octanol–water partition coefficient (Wildman–Crippen LogP) is 5.52. The third-order valence-corrected chi connectivity index (χ3v) is 4.74. The molecule has 2 nitrogen and oxygen atoms in total. The Morgan fingerprint density at radius 2 is 1.32 bits per heavy atom. The second-order valence-corrected chi connectivity index (χ2v) is 7.10. The molecular weight excluding hydrogens is 428 g/mol. The van der Waals surface area contributed by atoms with Crippen molar-refractivity contribution in [1.82, 2.24) is 0 Å². The van der Waals surface area contributed by atoms with Crippen LogP contribution in [-0.4, -0.2) is 17.8 Å². The molecule has 2 aromatic rings. The smallest absolute Gasteiger partial charge is 0.199 e. The minimum Gasteiger partial charge on any atom is -0.289 e. The van der Waals surface area contributed by atoms with E-state index in [2.05, 4.69) is 31.9 Å². The number of rotatable bonds is 5. The Morgan fingerprint density at radius 1 is 0.864 bits per heavy atom. The lowest BCUT2D eigenvalue weighted by molar-refractivity contribution is 0.101. The highest BCUT2D eigenvalue weighted by Crippen LogP contribution is 2.21. The highest BCUT2D eigenvalue weighted by molar-refractivity contribution is 9.10. The van der Waals surface area contributed by atoms with Crippen LogP contribution in [0.3, 0.4) is 0 Å². The summed E-state index contributed by atoms with van der Waals surface area (Å²) in [7, 11) is 0. The SMILES string of the molecule is CS/C(=C\C(=O)c1ccc(Br)cc1)C(=O)c1ccc(Br)cc1. The van der Waals surface area contributed by atoms with Crippen molar-refractivity contribution in [3.05, 3.63) is 79.6 Å². The van der Waals surface area contributed by atoms with E-state index in [0.717, 1.165) is 8.95 Å². The van der Waals surface area contributed by atoms with Crippen molar-refractivity contribution < 1.29 is 9.59 Å². The number of ketones is 2. The minimum absolute atomic E-state index is 0.148. The van der Waals surface area contributed by atoms with E-state index in [1.165, 1.54) is 17.8 Å². The maximum Gasteiger partial charge on any atom is 0.199 e. The quantitative estimate of drug-likeness (QED) is 0.454. The molecule has 0 spiro atoms. The van der Waals surface area contributed by atoms with E-state index in [1.807, 2.05) is 12.1 Å². The molecule has 0 radical (unpaired) electrons. The minimum atomic E-state index is -0.178. The summed E-state index contributed by atoms with van der Waals surface area (Å²) in [5.74, 6) is -0.326. The van der Waals surface area contributed by atoms with Gasteiger partial charge in [0.1, 0.15) is 0 Å². The van der Waals surface area contributed by atoms with E-state index in [1.54, 1.807) is 42.7 Å². The average Bonchev–Trinajstić information content (AvgIpc) is 2.53. The number of hydrogen-bond donors (Lipinski definition) is 0. The maximum atomic E-state index is 12.4. The van der Waals surface area contributed by atoms with Crippen molar-refractivity contribution in [2.45, 2.75) is 0 Å². The summed E-state index contributed by atoms with van der Waals surface area (Å²) in [6.45, 7) is 0. The van der Waals surface area contributed by atoms with E-state index in [9.17, 15) is 9.59 Å². The fourth-order valence-electron chi connectivity index (χ4n) is 1.78. The van der Waals surface area contributed by atoms with Gasteiger partial charge >= 0.3 is 0 Å². The zero-order valence-electron chi connectivity index (χ0n) is 11.7. The molecule has 2 rings (SSSR count). The van der Waals surface area contributed by atoms with Gasteiger partial charge in [0.2, 0.25) is 0 Å². The molecule has 0 N–H and O–H groups in total. The molecule has 0 aliphatic carbocycles. The van der Waals surface area contributed by atoms with Gasteiger partial charge in [-0.05, 0) is 54.8 Å². The van der Waals surface area contributed by atoms with Gasteiger partial charge in [-0.15, -0.1) is 11.8 Å². The summed E-state index contributed by atoms with van der Waals surface area (Å²) in [6.07, 6.45) is 3.19. The van der Waals surface area contributed by atoms with Crippen molar-refractivity contribution in [2.24, 2.45) is 0 Å². The lowest BCUT2D eigenvalue weighted by atomic mass is 10.1. The highest BCUT2D eigenvalue weighted by atomic mass is 79.9. The van der Waals surface area contributed by atoms with Gasteiger partial charge in [-0.3, -0.25) is 9.59 Å². The molecule has 0 atom stereocenters. The number of benzene rings is 2. The molecule has 0 saturated heterocycles. The van der Waals surface area contributed by atoms with E-state index in [0.29, 0.717) is 16.0 Å². The number of carbonyl (C=O) groups excluding carboxylic acids is 2. The second kappa shape index (κ2) is 7.90. The maximum absolute atomic E-state index is 12.4. The number of thioether (sulfide) groups is 1. The van der Waals surface area contributed by atoms with Crippen molar-refractivity contribution in [3.63, 3.8) is 0 Å². The van der Waals surface area contributed by atoms with Crippen LogP contribution in [0.15, 0.2) is 68.5 Å². The molecule has 112 valence electrons. The predicted molar refractivity (Wildman–Crippen MR) is 98.5 cm³/mol. The Labute approximate surface area is 150 Å². The molecule has 0 saturated carbocycles. The molecule has 0 aliphatic rings. The van der Waals surface area contributed by atoms with E-state index in [-0.39, 0.29) is 11.6 Å². The molecule has 5 heteroatoms. The number of allylic oxidation sites excluding steroid dienone is 2. The molecule has 0 heterocycles. The van der Waals surface area contributed by atoms with Crippen LogP contribution in [0, 0.1) is 0 Å². The van der Waals surface area contributed by atoms with Crippen LogP contribution in [-0.2, 0) is 0 Å². The van der Waals surface area contributed by atoms with E-state index < -0.39 is 0 Å². The van der Waals surface area contributed by atoms with Gasteiger partial charge < -0.3 is 0 Å². The molecule has 0 aromatic heterocycles. The van der Waals surface area contributed by atoms with E-state index in [4.69, 9.17) is 0 Å². The normalized spacial score (nSPS) is 11.3. The Morgan fingerprint density at radius 3 is 1.77 bits per heavy atom. The van der Waals surface area contributed by atoms with Gasteiger partial charge in [-0.2, -0.15) is 0 Å².